The lowest BCUT2D eigenvalue weighted by atomic mass is 9.98. The van der Waals surface area contributed by atoms with Gasteiger partial charge >= 0.3 is 0 Å². The molecule has 0 spiro atoms. The Bertz CT molecular complexity index is 731. The summed E-state index contributed by atoms with van der Waals surface area (Å²) in [5, 5.41) is 8.83. The summed E-state index contributed by atoms with van der Waals surface area (Å²) in [7, 11) is 1.63. The summed E-state index contributed by atoms with van der Waals surface area (Å²) >= 11 is 0. The van der Waals surface area contributed by atoms with E-state index >= 15 is 0 Å². The highest BCUT2D eigenvalue weighted by atomic mass is 16.5. The van der Waals surface area contributed by atoms with Crippen LogP contribution in [-0.4, -0.2) is 17.9 Å². The molecule has 4 heteroatoms. The molecule has 0 fully saturated rings. The molecule has 110 valence electrons. The number of fused-ring (bicyclic) bond motifs is 1. The van der Waals surface area contributed by atoms with Crippen LogP contribution in [0.3, 0.4) is 0 Å². The topological polar surface area (TPSA) is 53.3 Å². The molecule has 0 bridgehead atoms. The van der Waals surface area contributed by atoms with E-state index in [0.717, 1.165) is 22.4 Å². The highest BCUT2D eigenvalue weighted by Crippen LogP contribution is 2.39. The van der Waals surface area contributed by atoms with Gasteiger partial charge in [-0.2, -0.15) is 5.26 Å². The summed E-state index contributed by atoms with van der Waals surface area (Å²) in [4.78, 5) is 14.1. The summed E-state index contributed by atoms with van der Waals surface area (Å²) in [6.45, 7) is 0.549. The standard InChI is InChI=1S/C18H16N2O2/c1-22-15-8-6-13(7-9-15)18-16-5-3-2-4-14(16)12-20(18)17(21)10-11-19/h2-9,18H,10,12H2,1H3. The number of hydrogen-bond donors (Lipinski definition) is 0. The molecule has 1 unspecified atom stereocenters. The first-order chi connectivity index (χ1) is 10.7. The molecule has 0 N–H and O–H groups in total. The van der Waals surface area contributed by atoms with Crippen molar-refractivity contribution >= 4 is 5.91 Å². The summed E-state index contributed by atoms with van der Waals surface area (Å²) in [6.07, 6.45) is -0.0966. The molecular formula is C18H16N2O2. The van der Waals surface area contributed by atoms with E-state index in [1.807, 2.05) is 54.6 Å². The van der Waals surface area contributed by atoms with Gasteiger partial charge in [-0.1, -0.05) is 36.4 Å². The van der Waals surface area contributed by atoms with Crippen molar-refractivity contribution < 1.29 is 9.53 Å². The first-order valence-electron chi connectivity index (χ1n) is 7.12. The molecule has 1 atom stereocenters. The van der Waals surface area contributed by atoms with Gasteiger partial charge in [0.25, 0.3) is 0 Å². The van der Waals surface area contributed by atoms with Gasteiger partial charge in [-0.15, -0.1) is 0 Å². The maximum atomic E-state index is 12.3. The van der Waals surface area contributed by atoms with E-state index in [2.05, 4.69) is 0 Å². The van der Waals surface area contributed by atoms with Crippen molar-refractivity contribution in [3.63, 3.8) is 0 Å². The first-order valence-corrected chi connectivity index (χ1v) is 7.12. The number of benzene rings is 2. The van der Waals surface area contributed by atoms with E-state index in [4.69, 9.17) is 10.00 Å². The van der Waals surface area contributed by atoms with Gasteiger partial charge < -0.3 is 9.64 Å². The average Bonchev–Trinajstić information content (AvgIpc) is 2.95. The molecule has 22 heavy (non-hydrogen) atoms. The zero-order chi connectivity index (χ0) is 15.5. The predicted molar refractivity (Wildman–Crippen MR) is 82.1 cm³/mol. The van der Waals surface area contributed by atoms with Gasteiger partial charge in [0.1, 0.15) is 12.2 Å². The van der Waals surface area contributed by atoms with Crippen molar-refractivity contribution in [3.05, 3.63) is 65.2 Å². The molecule has 3 rings (SSSR count). The van der Waals surface area contributed by atoms with Crippen molar-refractivity contribution in [3.8, 4) is 11.8 Å². The molecule has 0 saturated heterocycles. The molecule has 1 heterocycles. The molecule has 0 aromatic heterocycles. The van der Waals surface area contributed by atoms with Crippen LogP contribution in [0.2, 0.25) is 0 Å². The largest absolute Gasteiger partial charge is 0.497 e. The average molecular weight is 292 g/mol. The maximum absolute atomic E-state index is 12.3. The Morgan fingerprint density at radius 3 is 2.68 bits per heavy atom. The number of carbonyl (C=O) groups excluding carboxylic acids is 1. The Hall–Kier alpha value is -2.80. The Kier molecular flexibility index (Phi) is 3.80. The van der Waals surface area contributed by atoms with Crippen molar-refractivity contribution in [2.24, 2.45) is 0 Å². The number of nitrogens with zero attached hydrogens (tertiary/aromatic N) is 2. The molecule has 2 aromatic carbocycles. The van der Waals surface area contributed by atoms with Crippen molar-refractivity contribution in [2.45, 2.75) is 19.0 Å². The van der Waals surface area contributed by atoms with Gasteiger partial charge in [-0.25, -0.2) is 0 Å². The van der Waals surface area contributed by atoms with E-state index in [9.17, 15) is 4.79 Å². The van der Waals surface area contributed by atoms with E-state index in [1.54, 1.807) is 12.0 Å². The van der Waals surface area contributed by atoms with Crippen LogP contribution in [0.15, 0.2) is 48.5 Å². The Balaban J connectivity index is 2.02. The minimum Gasteiger partial charge on any atom is -0.497 e. The summed E-state index contributed by atoms with van der Waals surface area (Å²) in [5.74, 6) is 0.643. The Morgan fingerprint density at radius 2 is 2.00 bits per heavy atom. The van der Waals surface area contributed by atoms with E-state index in [0.29, 0.717) is 6.54 Å². The molecule has 0 radical (unpaired) electrons. The van der Waals surface area contributed by atoms with Crippen LogP contribution < -0.4 is 4.74 Å². The smallest absolute Gasteiger partial charge is 0.237 e. The van der Waals surface area contributed by atoms with Crippen LogP contribution >= 0.6 is 0 Å². The van der Waals surface area contributed by atoms with Crippen molar-refractivity contribution in [1.29, 1.82) is 5.26 Å². The molecule has 2 aromatic rings. The molecular weight excluding hydrogens is 276 g/mol. The zero-order valence-corrected chi connectivity index (χ0v) is 12.3. The number of carbonyl (C=O) groups is 1. The van der Waals surface area contributed by atoms with Crippen LogP contribution in [0.1, 0.15) is 29.2 Å². The summed E-state index contributed by atoms with van der Waals surface area (Å²) in [5.41, 5.74) is 3.28. The maximum Gasteiger partial charge on any atom is 0.237 e. The second-order valence-corrected chi connectivity index (χ2v) is 5.23. The lowest BCUT2D eigenvalue weighted by molar-refractivity contribution is -0.131. The number of nitriles is 1. The monoisotopic (exact) mass is 292 g/mol. The Labute approximate surface area is 129 Å². The molecule has 4 nitrogen and oxygen atoms in total. The molecule has 1 aliphatic heterocycles. The number of methoxy groups -OCH3 is 1. The van der Waals surface area contributed by atoms with Crippen molar-refractivity contribution in [2.75, 3.05) is 7.11 Å². The Morgan fingerprint density at radius 1 is 1.27 bits per heavy atom. The van der Waals surface area contributed by atoms with Gasteiger partial charge in [0.05, 0.1) is 19.2 Å². The van der Waals surface area contributed by atoms with Gasteiger partial charge in [-0.3, -0.25) is 4.79 Å². The van der Waals surface area contributed by atoms with Crippen LogP contribution in [0.25, 0.3) is 0 Å². The van der Waals surface area contributed by atoms with Crippen LogP contribution in [0.4, 0.5) is 0 Å². The van der Waals surface area contributed by atoms with Crippen LogP contribution in [-0.2, 0) is 11.3 Å². The van der Waals surface area contributed by atoms with E-state index in [-0.39, 0.29) is 18.4 Å². The lowest BCUT2D eigenvalue weighted by Crippen LogP contribution is -2.29. The summed E-state index contributed by atoms with van der Waals surface area (Å²) in [6, 6.07) is 17.6. The number of amides is 1. The quantitative estimate of drug-likeness (QED) is 0.873. The lowest BCUT2D eigenvalue weighted by Gasteiger charge is -2.25. The number of hydrogen-bond acceptors (Lipinski definition) is 3. The fraction of sp³-hybridized carbons (Fsp3) is 0.222. The highest BCUT2D eigenvalue weighted by molar-refractivity contribution is 5.80. The third kappa shape index (κ3) is 2.42. The fourth-order valence-corrected chi connectivity index (χ4v) is 2.93. The van der Waals surface area contributed by atoms with Gasteiger partial charge in [-0.05, 0) is 28.8 Å². The van der Waals surface area contributed by atoms with E-state index < -0.39 is 0 Å². The molecule has 1 amide bonds. The van der Waals surface area contributed by atoms with Crippen LogP contribution in [0, 0.1) is 11.3 Å². The van der Waals surface area contributed by atoms with Crippen molar-refractivity contribution in [1.82, 2.24) is 4.90 Å². The van der Waals surface area contributed by atoms with Gasteiger partial charge in [0.15, 0.2) is 0 Å². The summed E-state index contributed by atoms with van der Waals surface area (Å²) < 4.78 is 5.19. The molecule has 0 aliphatic carbocycles. The van der Waals surface area contributed by atoms with Gasteiger partial charge in [0, 0.05) is 6.54 Å². The first kappa shape index (κ1) is 14.2. The van der Waals surface area contributed by atoms with Crippen LogP contribution in [0.5, 0.6) is 5.75 Å². The third-order valence-corrected chi connectivity index (χ3v) is 3.98. The van der Waals surface area contributed by atoms with E-state index in [1.165, 1.54) is 0 Å². The normalized spacial score (nSPS) is 16.0. The minimum absolute atomic E-state index is 0.0966. The van der Waals surface area contributed by atoms with Gasteiger partial charge in [0.2, 0.25) is 5.91 Å². The molecule has 1 aliphatic rings. The predicted octanol–water partition coefficient (Wildman–Crippen LogP) is 3.04. The molecule has 0 saturated carbocycles. The third-order valence-electron chi connectivity index (χ3n) is 3.98. The minimum atomic E-state index is -0.139. The highest BCUT2D eigenvalue weighted by Gasteiger charge is 2.34. The second-order valence-electron chi connectivity index (χ2n) is 5.23. The SMILES string of the molecule is COc1ccc(C2c3ccccc3CN2C(=O)CC#N)cc1. The number of rotatable bonds is 3. The fourth-order valence-electron chi connectivity index (χ4n) is 2.93. The number of ether oxygens (including phenoxy) is 1. The zero-order valence-electron chi connectivity index (χ0n) is 12.3. The second kappa shape index (κ2) is 5.90.